The van der Waals surface area contributed by atoms with Gasteiger partial charge in [0.05, 0.1) is 0 Å². The first-order valence-corrected chi connectivity index (χ1v) is 4.42. The van der Waals surface area contributed by atoms with Crippen molar-refractivity contribution in [1.82, 2.24) is 9.55 Å². The molecule has 0 atom stereocenters. The molecule has 0 aromatic carbocycles. The van der Waals surface area contributed by atoms with Gasteiger partial charge in [0.1, 0.15) is 5.65 Å². The van der Waals surface area contributed by atoms with Crippen molar-refractivity contribution >= 4 is 23.4 Å². The Kier molecular flexibility index (Phi) is 3.92. The second-order valence-electron chi connectivity index (χ2n) is 3.00. The summed E-state index contributed by atoms with van der Waals surface area (Å²) >= 11 is 0. The summed E-state index contributed by atoms with van der Waals surface area (Å²) in [5.74, 6) is 0. The molecule has 14 heavy (non-hydrogen) atoms. The average molecular weight is 213 g/mol. The van der Waals surface area contributed by atoms with E-state index in [0.717, 1.165) is 24.0 Å². The molecule has 0 unspecified atom stereocenters. The molecule has 0 radical (unpaired) electrons. The van der Waals surface area contributed by atoms with Gasteiger partial charge in [-0.25, -0.2) is 4.98 Å². The van der Waals surface area contributed by atoms with Crippen molar-refractivity contribution in [3.8, 4) is 0 Å². The van der Waals surface area contributed by atoms with Crippen LogP contribution in [0.1, 0.15) is 6.42 Å². The summed E-state index contributed by atoms with van der Waals surface area (Å²) in [6.07, 6.45) is 4.57. The molecule has 0 saturated heterocycles. The number of hydrogen-bond donors (Lipinski definition) is 1. The minimum absolute atomic E-state index is 0. The number of fused-ring (bicyclic) bond motifs is 1. The van der Waals surface area contributed by atoms with Crippen LogP contribution >= 0.6 is 12.4 Å². The molecule has 0 amide bonds. The van der Waals surface area contributed by atoms with Gasteiger partial charge in [-0.15, -0.1) is 12.4 Å². The highest BCUT2D eigenvalue weighted by molar-refractivity contribution is 5.85. The molecule has 0 saturated carbocycles. The van der Waals surface area contributed by atoms with Crippen molar-refractivity contribution in [1.29, 1.82) is 0 Å². The van der Waals surface area contributed by atoms with Crippen molar-refractivity contribution in [2.75, 3.05) is 6.61 Å². The molecule has 0 aliphatic heterocycles. The first-order chi connectivity index (χ1) is 6.42. The van der Waals surface area contributed by atoms with Gasteiger partial charge in [0.15, 0.2) is 0 Å². The van der Waals surface area contributed by atoms with Crippen LogP contribution in [0.5, 0.6) is 0 Å². The van der Waals surface area contributed by atoms with Gasteiger partial charge in [-0.1, -0.05) is 0 Å². The Morgan fingerprint density at radius 1 is 1.36 bits per heavy atom. The molecule has 2 aromatic rings. The lowest BCUT2D eigenvalue weighted by atomic mass is 10.3. The molecular formula is C10H13ClN2O. The molecule has 4 heteroatoms. The van der Waals surface area contributed by atoms with Crippen molar-refractivity contribution < 1.29 is 5.11 Å². The zero-order valence-electron chi connectivity index (χ0n) is 7.76. The standard InChI is InChI=1S/C10H12N2O.ClH/c13-8-2-6-12-7-4-9-3-1-5-11-10(9)12;/h1,3-5,7,13H,2,6,8H2;1H. The lowest BCUT2D eigenvalue weighted by molar-refractivity contribution is 0.280. The van der Waals surface area contributed by atoms with Crippen LogP contribution in [0, 0.1) is 0 Å². The number of rotatable bonds is 3. The number of aromatic nitrogens is 2. The number of pyridine rings is 1. The summed E-state index contributed by atoms with van der Waals surface area (Å²) < 4.78 is 2.06. The predicted octanol–water partition coefficient (Wildman–Crippen LogP) is 1.84. The Morgan fingerprint density at radius 3 is 3.00 bits per heavy atom. The highest BCUT2D eigenvalue weighted by atomic mass is 35.5. The number of aryl methyl sites for hydroxylation is 1. The Balaban J connectivity index is 0.000000980. The van der Waals surface area contributed by atoms with Gasteiger partial charge in [0, 0.05) is 30.9 Å². The number of aliphatic hydroxyl groups is 1. The van der Waals surface area contributed by atoms with E-state index in [0.29, 0.717) is 0 Å². The third-order valence-corrected chi connectivity index (χ3v) is 2.08. The number of aliphatic hydroxyl groups excluding tert-OH is 1. The Hall–Kier alpha value is -1.06. The van der Waals surface area contributed by atoms with E-state index < -0.39 is 0 Å². The smallest absolute Gasteiger partial charge is 0.139 e. The van der Waals surface area contributed by atoms with E-state index in [1.54, 1.807) is 6.20 Å². The number of halogens is 1. The molecule has 2 heterocycles. The Bertz CT molecular complexity index is 400. The molecule has 0 aliphatic rings. The normalized spacial score (nSPS) is 10.1. The second-order valence-corrected chi connectivity index (χ2v) is 3.00. The fraction of sp³-hybridized carbons (Fsp3) is 0.300. The zero-order valence-corrected chi connectivity index (χ0v) is 8.57. The predicted molar refractivity (Wildman–Crippen MR) is 58.7 cm³/mol. The van der Waals surface area contributed by atoms with Gasteiger partial charge in [-0.3, -0.25) is 0 Å². The van der Waals surface area contributed by atoms with E-state index in [-0.39, 0.29) is 19.0 Å². The minimum Gasteiger partial charge on any atom is -0.396 e. The maximum Gasteiger partial charge on any atom is 0.139 e. The van der Waals surface area contributed by atoms with E-state index >= 15 is 0 Å². The molecule has 0 fully saturated rings. The topological polar surface area (TPSA) is 38.0 Å². The third-order valence-electron chi connectivity index (χ3n) is 2.08. The third kappa shape index (κ3) is 2.05. The van der Waals surface area contributed by atoms with Crippen molar-refractivity contribution in [3.05, 3.63) is 30.6 Å². The molecule has 2 rings (SSSR count). The van der Waals surface area contributed by atoms with Crippen LogP contribution in [-0.4, -0.2) is 21.3 Å². The van der Waals surface area contributed by atoms with Gasteiger partial charge in [-0.05, 0) is 24.6 Å². The highest BCUT2D eigenvalue weighted by Crippen LogP contribution is 2.12. The monoisotopic (exact) mass is 212 g/mol. The number of hydrogen-bond acceptors (Lipinski definition) is 2. The van der Waals surface area contributed by atoms with E-state index in [1.165, 1.54) is 0 Å². The van der Waals surface area contributed by atoms with Gasteiger partial charge in [0.2, 0.25) is 0 Å². The lowest BCUT2D eigenvalue weighted by Crippen LogP contribution is -1.99. The van der Waals surface area contributed by atoms with Crippen LogP contribution in [-0.2, 0) is 6.54 Å². The Morgan fingerprint density at radius 2 is 2.21 bits per heavy atom. The van der Waals surface area contributed by atoms with Crippen LogP contribution in [0.2, 0.25) is 0 Å². The first-order valence-electron chi connectivity index (χ1n) is 4.42. The summed E-state index contributed by atoms with van der Waals surface area (Å²) in [6, 6.07) is 6.01. The molecule has 3 nitrogen and oxygen atoms in total. The quantitative estimate of drug-likeness (QED) is 0.843. The SMILES string of the molecule is Cl.OCCCn1ccc2cccnc21. The maximum atomic E-state index is 8.70. The van der Waals surface area contributed by atoms with E-state index in [4.69, 9.17) is 5.11 Å². The molecular weight excluding hydrogens is 200 g/mol. The van der Waals surface area contributed by atoms with Gasteiger partial charge in [-0.2, -0.15) is 0 Å². The van der Waals surface area contributed by atoms with Crippen LogP contribution < -0.4 is 0 Å². The van der Waals surface area contributed by atoms with Crippen LogP contribution in [0.15, 0.2) is 30.6 Å². The zero-order chi connectivity index (χ0) is 9.10. The van der Waals surface area contributed by atoms with Crippen molar-refractivity contribution in [2.24, 2.45) is 0 Å². The number of nitrogens with zero attached hydrogens (tertiary/aromatic N) is 2. The fourth-order valence-corrected chi connectivity index (χ4v) is 1.44. The van der Waals surface area contributed by atoms with Gasteiger partial charge >= 0.3 is 0 Å². The molecule has 0 spiro atoms. The first kappa shape index (κ1) is 11.0. The van der Waals surface area contributed by atoms with Crippen molar-refractivity contribution in [2.45, 2.75) is 13.0 Å². The Labute approximate surface area is 88.8 Å². The second kappa shape index (κ2) is 4.98. The summed E-state index contributed by atoms with van der Waals surface area (Å²) in [6.45, 7) is 1.06. The van der Waals surface area contributed by atoms with E-state index in [1.807, 2.05) is 24.4 Å². The van der Waals surface area contributed by atoms with Crippen LogP contribution in [0.3, 0.4) is 0 Å². The summed E-state index contributed by atoms with van der Waals surface area (Å²) in [4.78, 5) is 4.28. The van der Waals surface area contributed by atoms with E-state index in [2.05, 4.69) is 9.55 Å². The summed E-state index contributed by atoms with van der Waals surface area (Å²) in [5, 5.41) is 9.86. The lowest BCUT2D eigenvalue weighted by Gasteiger charge is -2.01. The van der Waals surface area contributed by atoms with Crippen LogP contribution in [0.25, 0.3) is 11.0 Å². The molecule has 76 valence electrons. The summed E-state index contributed by atoms with van der Waals surface area (Å²) in [7, 11) is 0. The van der Waals surface area contributed by atoms with Crippen molar-refractivity contribution in [3.63, 3.8) is 0 Å². The van der Waals surface area contributed by atoms with Crippen LogP contribution in [0.4, 0.5) is 0 Å². The fourth-order valence-electron chi connectivity index (χ4n) is 1.44. The largest absolute Gasteiger partial charge is 0.396 e. The van der Waals surface area contributed by atoms with Gasteiger partial charge in [0.25, 0.3) is 0 Å². The molecule has 2 aromatic heterocycles. The van der Waals surface area contributed by atoms with E-state index in [9.17, 15) is 0 Å². The van der Waals surface area contributed by atoms with Gasteiger partial charge < -0.3 is 9.67 Å². The summed E-state index contributed by atoms with van der Waals surface area (Å²) in [5.41, 5.74) is 0.996. The average Bonchev–Trinajstić information content (AvgIpc) is 2.58. The minimum atomic E-state index is 0. The molecule has 0 aliphatic carbocycles. The maximum absolute atomic E-state index is 8.70. The molecule has 0 bridgehead atoms. The highest BCUT2D eigenvalue weighted by Gasteiger charge is 1.99. The molecule has 1 N–H and O–H groups in total.